The zero-order valence-electron chi connectivity index (χ0n) is 16.5. The van der Waals surface area contributed by atoms with E-state index in [4.69, 9.17) is 0 Å². The molecule has 0 heterocycles. The zero-order valence-corrected chi connectivity index (χ0v) is 18.2. The Hall–Kier alpha value is -1.79. The van der Waals surface area contributed by atoms with Crippen molar-refractivity contribution in [2.24, 2.45) is 10.2 Å². The van der Waals surface area contributed by atoms with E-state index in [0.717, 1.165) is 6.07 Å². The standard InChI is InChI=1S/C18H14N4O9S2.2Na.2H/c1-10(23)19-16-7-6-14-15(8-13(32(26,27)28)9-17(14)33(29,30)31)18(16)21-20-11-2-4-12(5-3-11)22(24)25;;;;/h2-9H,1H3,(H,19,23)(H,26,27,28)(H,29,30,31);;;;/b21-20+;;;;. The predicted octanol–water partition coefficient (Wildman–Crippen LogP) is 2.32. The number of rotatable bonds is 6. The molecule has 0 saturated carbocycles. The van der Waals surface area contributed by atoms with E-state index in [-0.39, 0.29) is 92.6 Å². The van der Waals surface area contributed by atoms with Crippen molar-refractivity contribution < 1.29 is 35.7 Å². The second-order valence-electron chi connectivity index (χ2n) is 6.58. The molecular formula is C18H16N4Na2O9S2. The van der Waals surface area contributed by atoms with E-state index in [1.807, 2.05) is 0 Å². The first-order chi connectivity index (χ1) is 15.3. The van der Waals surface area contributed by atoms with Gasteiger partial charge in [0.05, 0.1) is 21.2 Å². The molecule has 1 amide bonds. The first-order valence-corrected chi connectivity index (χ1v) is 11.6. The average molecular weight is 542 g/mol. The van der Waals surface area contributed by atoms with Crippen LogP contribution in [0.3, 0.4) is 0 Å². The SMILES string of the molecule is CC(=O)Nc1ccc2c(S(=O)(=O)O)cc(S(=O)(=O)O)cc2c1/N=N/c1ccc([N+](=O)[O-])cc1.[NaH].[NaH]. The number of amides is 1. The minimum absolute atomic E-state index is 0. The van der Waals surface area contributed by atoms with Gasteiger partial charge in [-0.3, -0.25) is 24.0 Å². The molecule has 3 aromatic rings. The molecule has 0 aromatic heterocycles. The number of nitro groups is 1. The van der Waals surface area contributed by atoms with Gasteiger partial charge in [-0.25, -0.2) is 0 Å². The van der Waals surface area contributed by atoms with E-state index in [9.17, 15) is 40.8 Å². The van der Waals surface area contributed by atoms with E-state index in [2.05, 4.69) is 15.5 Å². The molecule has 0 bridgehead atoms. The van der Waals surface area contributed by atoms with Gasteiger partial charge in [0, 0.05) is 29.8 Å². The fraction of sp³-hybridized carbons (Fsp3) is 0.0556. The van der Waals surface area contributed by atoms with E-state index < -0.39 is 40.9 Å². The molecule has 35 heavy (non-hydrogen) atoms. The van der Waals surface area contributed by atoms with Gasteiger partial charge in [0.1, 0.15) is 10.6 Å². The van der Waals surface area contributed by atoms with Gasteiger partial charge in [-0.1, -0.05) is 6.07 Å². The molecule has 0 radical (unpaired) electrons. The van der Waals surface area contributed by atoms with Crippen LogP contribution in [0.1, 0.15) is 6.92 Å². The number of fused-ring (bicyclic) bond motifs is 1. The molecule has 0 unspecified atom stereocenters. The summed E-state index contributed by atoms with van der Waals surface area (Å²) in [5, 5.41) is 20.7. The third kappa shape index (κ3) is 7.60. The summed E-state index contributed by atoms with van der Waals surface area (Å²) in [7, 11) is -9.85. The summed E-state index contributed by atoms with van der Waals surface area (Å²) in [6, 6.07) is 8.81. The van der Waals surface area contributed by atoms with Gasteiger partial charge in [0.25, 0.3) is 25.9 Å². The number of hydrogen-bond donors (Lipinski definition) is 3. The second-order valence-corrected chi connectivity index (χ2v) is 9.39. The molecule has 0 fully saturated rings. The Morgan fingerprint density at radius 3 is 2.00 bits per heavy atom. The Morgan fingerprint density at radius 1 is 0.914 bits per heavy atom. The van der Waals surface area contributed by atoms with Crippen LogP contribution in [0.15, 0.2) is 68.6 Å². The van der Waals surface area contributed by atoms with Gasteiger partial charge in [0.15, 0.2) is 0 Å². The van der Waals surface area contributed by atoms with Crippen LogP contribution < -0.4 is 5.32 Å². The number of carbonyl (C=O) groups is 1. The van der Waals surface area contributed by atoms with E-state index in [0.29, 0.717) is 6.07 Å². The number of nitrogens with one attached hydrogen (secondary N) is 1. The molecule has 13 nitrogen and oxygen atoms in total. The third-order valence-electron chi connectivity index (χ3n) is 4.25. The maximum atomic E-state index is 11.9. The van der Waals surface area contributed by atoms with Crippen molar-refractivity contribution in [1.29, 1.82) is 0 Å². The van der Waals surface area contributed by atoms with Crippen molar-refractivity contribution in [2.75, 3.05) is 5.32 Å². The molecule has 0 aliphatic rings. The van der Waals surface area contributed by atoms with Crippen LogP contribution in [0, 0.1) is 10.1 Å². The zero-order chi connectivity index (χ0) is 24.6. The Bertz CT molecular complexity index is 1540. The summed E-state index contributed by atoms with van der Waals surface area (Å²) in [6.45, 7) is 1.18. The molecule has 3 aromatic carbocycles. The summed E-state index contributed by atoms with van der Waals surface area (Å²) in [4.78, 5) is 20.1. The summed E-state index contributed by atoms with van der Waals surface area (Å²) in [5.41, 5.74) is -0.244. The number of benzene rings is 3. The quantitative estimate of drug-likeness (QED) is 0.137. The first-order valence-electron chi connectivity index (χ1n) is 8.77. The summed E-state index contributed by atoms with van der Waals surface area (Å²) in [6.07, 6.45) is 0. The van der Waals surface area contributed by atoms with Gasteiger partial charge in [-0.15, -0.1) is 5.11 Å². The number of carbonyl (C=O) groups excluding carboxylic acids is 1. The van der Waals surface area contributed by atoms with Crippen molar-refractivity contribution in [3.8, 4) is 0 Å². The summed E-state index contributed by atoms with van der Waals surface area (Å²) < 4.78 is 66.1. The predicted molar refractivity (Wildman–Crippen MR) is 129 cm³/mol. The van der Waals surface area contributed by atoms with Crippen LogP contribution >= 0.6 is 0 Å². The molecule has 0 spiro atoms. The van der Waals surface area contributed by atoms with Crippen LogP contribution in [-0.2, 0) is 25.0 Å². The average Bonchev–Trinajstić information content (AvgIpc) is 2.70. The first kappa shape index (κ1) is 31.2. The van der Waals surface area contributed by atoms with E-state index in [1.165, 1.54) is 43.3 Å². The Morgan fingerprint density at radius 2 is 1.51 bits per heavy atom. The second kappa shape index (κ2) is 12.0. The Balaban J connectivity index is 0.00000306. The number of nitro benzene ring substituents is 1. The number of azo groups is 1. The number of anilines is 1. The van der Waals surface area contributed by atoms with Crippen molar-refractivity contribution in [3.63, 3.8) is 0 Å². The van der Waals surface area contributed by atoms with Crippen LogP contribution in [0.5, 0.6) is 0 Å². The molecule has 17 heteroatoms. The van der Waals surface area contributed by atoms with E-state index >= 15 is 0 Å². The fourth-order valence-electron chi connectivity index (χ4n) is 2.87. The molecular weight excluding hydrogens is 526 g/mol. The van der Waals surface area contributed by atoms with Crippen LogP contribution in [0.4, 0.5) is 22.7 Å². The number of hydrogen-bond acceptors (Lipinski definition) is 9. The normalized spacial score (nSPS) is 11.5. The molecule has 3 rings (SSSR count). The fourth-order valence-corrected chi connectivity index (χ4v) is 4.21. The van der Waals surface area contributed by atoms with Crippen molar-refractivity contribution in [2.45, 2.75) is 16.7 Å². The molecule has 0 aliphatic carbocycles. The summed E-state index contributed by atoms with van der Waals surface area (Å²) in [5.74, 6) is -0.540. The van der Waals surface area contributed by atoms with Gasteiger partial charge < -0.3 is 5.32 Å². The van der Waals surface area contributed by atoms with E-state index in [1.54, 1.807) is 0 Å². The molecule has 3 N–H and O–H groups in total. The van der Waals surface area contributed by atoms with Crippen molar-refractivity contribution in [3.05, 3.63) is 58.6 Å². The Labute approximate surface area is 243 Å². The van der Waals surface area contributed by atoms with Crippen LogP contribution in [0.25, 0.3) is 10.8 Å². The molecule has 0 atom stereocenters. The number of nitrogens with zero attached hydrogens (tertiary/aromatic N) is 3. The van der Waals surface area contributed by atoms with Gasteiger partial charge >= 0.3 is 59.1 Å². The van der Waals surface area contributed by atoms with Crippen molar-refractivity contribution in [1.82, 2.24) is 0 Å². The van der Waals surface area contributed by atoms with Crippen LogP contribution in [0.2, 0.25) is 0 Å². The topological polar surface area (TPSA) is 206 Å². The van der Waals surface area contributed by atoms with Gasteiger partial charge in [-0.2, -0.15) is 21.9 Å². The monoisotopic (exact) mass is 542 g/mol. The summed E-state index contributed by atoms with van der Waals surface area (Å²) >= 11 is 0. The van der Waals surface area contributed by atoms with Crippen LogP contribution in [-0.4, -0.2) is 95.9 Å². The number of non-ortho nitro benzene ring substituents is 1. The molecule has 176 valence electrons. The molecule has 0 aliphatic heterocycles. The third-order valence-corrected chi connectivity index (χ3v) is 5.98. The Kier molecular flexibility index (Phi) is 10.7. The van der Waals surface area contributed by atoms with Crippen molar-refractivity contribution >= 4 is 119 Å². The molecule has 0 saturated heterocycles. The minimum atomic E-state index is -4.94. The van der Waals surface area contributed by atoms with Gasteiger partial charge in [-0.05, 0) is 30.3 Å². The van der Waals surface area contributed by atoms with Gasteiger partial charge in [0.2, 0.25) is 5.91 Å². The maximum absolute atomic E-state index is 11.9.